The summed E-state index contributed by atoms with van der Waals surface area (Å²) in [4.78, 5) is 40.7. The number of carboxylic acids is 1. The first-order valence-corrected chi connectivity index (χ1v) is 9.12. The van der Waals surface area contributed by atoms with Crippen LogP contribution in [0.1, 0.15) is 18.4 Å². The molecule has 1 amide bonds. The second-order valence-electron chi connectivity index (χ2n) is 5.52. The number of aromatic hydroxyl groups is 1. The number of aliphatic carboxylic acids is 1. The summed E-state index contributed by atoms with van der Waals surface area (Å²) < 4.78 is 15.1. The van der Waals surface area contributed by atoms with Crippen molar-refractivity contribution >= 4 is 19.7 Å². The average Bonchev–Trinajstić information content (AvgIpc) is 2.53. The molecule has 9 N–H and O–H groups in total. The fourth-order valence-electron chi connectivity index (χ4n) is 2.08. The summed E-state index contributed by atoms with van der Waals surface area (Å²) in [5, 5.41) is 21.3. The van der Waals surface area contributed by atoms with Crippen molar-refractivity contribution in [3.63, 3.8) is 0 Å². The zero-order valence-electron chi connectivity index (χ0n) is 13.7. The van der Waals surface area contributed by atoms with E-state index in [1.807, 2.05) is 0 Å². The molecule has 1 aromatic carbocycles. The molecular weight excluding hydrogens is 369 g/mol. The number of hydrogen-bond donors (Lipinski definition) is 7. The van der Waals surface area contributed by atoms with Crippen LogP contribution >= 0.6 is 7.82 Å². The first-order valence-electron chi connectivity index (χ1n) is 7.59. The Balaban J connectivity index is 2.81. The number of nitrogens with two attached hydrogens (primary N) is 2. The van der Waals surface area contributed by atoms with Gasteiger partial charge in [0.05, 0.1) is 6.04 Å². The molecule has 11 nitrogen and oxygen atoms in total. The number of phosphoric acid groups is 1. The van der Waals surface area contributed by atoms with Gasteiger partial charge in [-0.2, -0.15) is 0 Å². The van der Waals surface area contributed by atoms with Gasteiger partial charge in [0, 0.05) is 6.42 Å². The molecule has 0 aromatic heterocycles. The van der Waals surface area contributed by atoms with Crippen LogP contribution in [0, 0.1) is 0 Å². The third kappa shape index (κ3) is 7.38. The highest BCUT2D eigenvalue weighted by atomic mass is 31.2. The summed E-state index contributed by atoms with van der Waals surface area (Å²) >= 11 is 0. The van der Waals surface area contributed by atoms with Crippen LogP contribution in [-0.4, -0.2) is 50.5 Å². The largest absolute Gasteiger partial charge is 0.524 e. The van der Waals surface area contributed by atoms with Gasteiger partial charge in [0.1, 0.15) is 6.04 Å². The number of rotatable bonds is 10. The van der Waals surface area contributed by atoms with E-state index in [1.54, 1.807) is 0 Å². The van der Waals surface area contributed by atoms with Crippen LogP contribution in [-0.2, 0) is 20.6 Å². The van der Waals surface area contributed by atoms with Crippen LogP contribution in [0.15, 0.2) is 18.2 Å². The van der Waals surface area contributed by atoms with Crippen molar-refractivity contribution < 1.29 is 38.7 Å². The van der Waals surface area contributed by atoms with Gasteiger partial charge < -0.3 is 31.5 Å². The molecule has 2 atom stereocenters. The Labute approximate surface area is 149 Å². The maximum Gasteiger partial charge on any atom is 0.524 e. The lowest BCUT2D eigenvalue weighted by molar-refractivity contribution is -0.142. The van der Waals surface area contributed by atoms with E-state index in [2.05, 4.69) is 9.84 Å². The third-order valence-corrected chi connectivity index (χ3v) is 3.79. The Morgan fingerprint density at radius 1 is 1.31 bits per heavy atom. The number of amides is 1. The quantitative estimate of drug-likeness (QED) is 0.243. The molecule has 146 valence electrons. The van der Waals surface area contributed by atoms with Gasteiger partial charge in [-0.25, -0.2) is 9.36 Å². The Morgan fingerprint density at radius 3 is 2.46 bits per heavy atom. The van der Waals surface area contributed by atoms with Crippen molar-refractivity contribution in [1.29, 1.82) is 0 Å². The molecule has 0 aliphatic heterocycles. The van der Waals surface area contributed by atoms with Crippen LogP contribution in [0.25, 0.3) is 0 Å². The van der Waals surface area contributed by atoms with Crippen molar-refractivity contribution in [2.45, 2.75) is 31.3 Å². The van der Waals surface area contributed by atoms with E-state index in [9.17, 15) is 24.4 Å². The second kappa shape index (κ2) is 9.51. The fourth-order valence-corrected chi connectivity index (χ4v) is 2.49. The average molecular weight is 391 g/mol. The maximum atomic E-state index is 11.9. The molecule has 0 saturated carbocycles. The monoisotopic (exact) mass is 391 g/mol. The molecule has 0 bridgehead atoms. The van der Waals surface area contributed by atoms with Gasteiger partial charge in [-0.3, -0.25) is 14.6 Å². The number of hydrogen-bond acceptors (Lipinski definition) is 7. The van der Waals surface area contributed by atoms with Crippen molar-refractivity contribution in [3.05, 3.63) is 23.8 Å². The Kier molecular flexibility index (Phi) is 8.00. The maximum absolute atomic E-state index is 11.9. The van der Waals surface area contributed by atoms with Crippen molar-refractivity contribution in [3.8, 4) is 11.5 Å². The van der Waals surface area contributed by atoms with Gasteiger partial charge in [0.15, 0.2) is 11.5 Å². The number of benzene rings is 1. The van der Waals surface area contributed by atoms with Gasteiger partial charge in [-0.15, -0.1) is 0 Å². The van der Waals surface area contributed by atoms with Gasteiger partial charge in [-0.1, -0.05) is 6.07 Å². The van der Waals surface area contributed by atoms with Crippen molar-refractivity contribution in [1.82, 2.24) is 5.32 Å². The number of carbonyl (C=O) groups is 2. The minimum atomic E-state index is -4.85. The number of phenolic OH excluding ortho intramolecular Hbond substituents is 1. The lowest BCUT2D eigenvalue weighted by atomic mass is 10.0. The van der Waals surface area contributed by atoms with E-state index in [0.29, 0.717) is 24.9 Å². The number of nitrogens with one attached hydrogen (secondary N) is 1. The van der Waals surface area contributed by atoms with Crippen LogP contribution < -0.4 is 21.3 Å². The predicted octanol–water partition coefficient (Wildman–Crippen LogP) is -0.958. The topological polar surface area (TPSA) is 205 Å². The Morgan fingerprint density at radius 2 is 1.96 bits per heavy atom. The van der Waals surface area contributed by atoms with Crippen molar-refractivity contribution in [2.75, 3.05) is 6.54 Å². The summed E-state index contributed by atoms with van der Waals surface area (Å²) in [6, 6.07) is 1.27. The first kappa shape index (κ1) is 21.9. The summed E-state index contributed by atoms with van der Waals surface area (Å²) in [6.07, 6.45) is 0.638. The van der Waals surface area contributed by atoms with Crippen LogP contribution in [0.4, 0.5) is 0 Å². The van der Waals surface area contributed by atoms with Crippen LogP contribution in [0.3, 0.4) is 0 Å². The third-order valence-electron chi connectivity index (χ3n) is 3.35. The summed E-state index contributed by atoms with van der Waals surface area (Å²) in [6.45, 7) is 0.353. The van der Waals surface area contributed by atoms with E-state index < -0.39 is 43.3 Å². The van der Waals surface area contributed by atoms with Gasteiger partial charge in [0.25, 0.3) is 0 Å². The molecule has 1 rings (SSSR count). The molecule has 0 saturated heterocycles. The van der Waals surface area contributed by atoms with Gasteiger partial charge in [0.2, 0.25) is 5.91 Å². The number of carbonyl (C=O) groups excluding carboxylic acids is 1. The van der Waals surface area contributed by atoms with Crippen LogP contribution in [0.2, 0.25) is 0 Å². The molecule has 0 radical (unpaired) electrons. The Bertz CT molecular complexity index is 693. The zero-order valence-corrected chi connectivity index (χ0v) is 14.6. The summed E-state index contributed by atoms with van der Waals surface area (Å²) in [5.41, 5.74) is 11.3. The molecule has 0 aliphatic carbocycles. The lowest BCUT2D eigenvalue weighted by Gasteiger charge is -2.18. The highest BCUT2D eigenvalue weighted by Crippen LogP contribution is 2.41. The molecule has 0 spiro atoms. The second-order valence-corrected chi connectivity index (χ2v) is 6.69. The molecule has 0 unspecified atom stereocenters. The SMILES string of the molecule is NCCC[C@H](N)C(=O)N[C@@H](Cc1ccc(OP(=O)(O)O)c(O)c1)C(=O)O. The molecule has 26 heavy (non-hydrogen) atoms. The Hall–Kier alpha value is -2.17. The molecule has 12 heteroatoms. The zero-order chi connectivity index (χ0) is 19.9. The summed E-state index contributed by atoms with van der Waals surface area (Å²) in [5.74, 6) is -2.99. The molecule has 1 aromatic rings. The van der Waals surface area contributed by atoms with E-state index in [4.69, 9.17) is 21.3 Å². The number of phenols is 1. The van der Waals surface area contributed by atoms with E-state index in [-0.39, 0.29) is 6.42 Å². The fraction of sp³-hybridized carbons (Fsp3) is 0.429. The molecule has 0 fully saturated rings. The molecule has 0 aliphatic rings. The van der Waals surface area contributed by atoms with Gasteiger partial charge in [-0.05, 0) is 37.1 Å². The summed E-state index contributed by atoms with van der Waals surface area (Å²) in [7, 11) is -4.85. The molecular formula is C14H22N3O8P. The minimum absolute atomic E-state index is 0.186. The minimum Gasteiger partial charge on any atom is -0.504 e. The van der Waals surface area contributed by atoms with Crippen molar-refractivity contribution in [2.24, 2.45) is 11.5 Å². The van der Waals surface area contributed by atoms with E-state index >= 15 is 0 Å². The van der Waals surface area contributed by atoms with Gasteiger partial charge >= 0.3 is 13.8 Å². The highest BCUT2D eigenvalue weighted by Gasteiger charge is 2.24. The number of phosphoric ester groups is 1. The smallest absolute Gasteiger partial charge is 0.504 e. The normalized spacial score (nSPS) is 13.7. The molecule has 0 heterocycles. The lowest BCUT2D eigenvalue weighted by Crippen LogP contribution is -2.49. The standard InChI is InChI=1S/C14H22N3O8P/c15-5-1-2-9(16)13(19)17-10(14(20)21)6-8-3-4-12(11(18)7-8)25-26(22,23)24/h3-4,7,9-10,18H,1-2,5-6,15-16H2,(H,17,19)(H,20,21)(H2,22,23,24)/t9-,10-/m0/s1. The van der Waals surface area contributed by atoms with E-state index in [1.165, 1.54) is 6.07 Å². The predicted molar refractivity (Wildman–Crippen MR) is 90.3 cm³/mol. The highest BCUT2D eigenvalue weighted by molar-refractivity contribution is 7.46. The van der Waals surface area contributed by atoms with Crippen LogP contribution in [0.5, 0.6) is 11.5 Å². The first-order chi connectivity index (χ1) is 12.0. The number of carboxylic acid groups (broad SMARTS) is 1. The van der Waals surface area contributed by atoms with E-state index in [0.717, 1.165) is 12.1 Å².